The van der Waals surface area contributed by atoms with E-state index in [9.17, 15) is 4.79 Å². The van der Waals surface area contributed by atoms with Crippen LogP contribution >= 0.6 is 0 Å². The zero-order valence-electron chi connectivity index (χ0n) is 18.9. The van der Waals surface area contributed by atoms with Gasteiger partial charge in [-0.15, -0.1) is 0 Å². The molecule has 3 nitrogen and oxygen atoms in total. The Morgan fingerprint density at radius 1 is 1.18 bits per heavy atom. The summed E-state index contributed by atoms with van der Waals surface area (Å²) in [5.41, 5.74) is 5.66. The quantitative estimate of drug-likeness (QED) is 0.481. The Hall–Kier alpha value is -1.87. The van der Waals surface area contributed by atoms with Crippen molar-refractivity contribution in [3.63, 3.8) is 0 Å². The zero-order valence-corrected chi connectivity index (χ0v) is 18.9. The minimum Gasteiger partial charge on any atom is -0.481 e. The van der Waals surface area contributed by atoms with Gasteiger partial charge in [0.25, 0.3) is 0 Å². The third kappa shape index (κ3) is 11.8. The number of carboxylic acids is 1. The molecule has 28 heavy (non-hydrogen) atoms. The summed E-state index contributed by atoms with van der Waals surface area (Å²) in [6.45, 7) is 14.9. The van der Waals surface area contributed by atoms with Crippen LogP contribution in [0.25, 0.3) is 0 Å². The summed E-state index contributed by atoms with van der Waals surface area (Å²) in [4.78, 5) is 9.81. The minimum absolute atomic E-state index is 0.0985. The second kappa shape index (κ2) is 13.3. The molecule has 0 bridgehead atoms. The van der Waals surface area contributed by atoms with E-state index in [-0.39, 0.29) is 18.9 Å². The molecule has 0 saturated carbocycles. The molecule has 0 aliphatic heterocycles. The van der Waals surface area contributed by atoms with E-state index in [4.69, 9.17) is 10.2 Å². The summed E-state index contributed by atoms with van der Waals surface area (Å²) >= 11 is 0. The summed E-state index contributed by atoms with van der Waals surface area (Å²) in [5.74, 6) is -0.438. The average molecular weight is 389 g/mol. The summed E-state index contributed by atoms with van der Waals surface area (Å²) < 4.78 is 0. The van der Waals surface area contributed by atoms with Gasteiger partial charge in [0.15, 0.2) is 0 Å². The van der Waals surface area contributed by atoms with E-state index < -0.39 is 5.97 Å². The molecule has 158 valence electrons. The van der Waals surface area contributed by atoms with Crippen molar-refractivity contribution >= 4 is 5.97 Å². The van der Waals surface area contributed by atoms with Gasteiger partial charge < -0.3 is 10.2 Å². The fraction of sp³-hybridized carbons (Fsp3) is 0.560. The second-order valence-corrected chi connectivity index (χ2v) is 8.66. The molecule has 0 aromatic carbocycles. The molecule has 1 aliphatic rings. The van der Waals surface area contributed by atoms with Gasteiger partial charge in [-0.25, -0.2) is 0 Å². The van der Waals surface area contributed by atoms with Crippen molar-refractivity contribution in [1.82, 2.24) is 0 Å². The smallest absolute Gasteiger partial charge is 0.303 e. The second-order valence-electron chi connectivity index (χ2n) is 8.66. The average Bonchev–Trinajstić information content (AvgIpc) is 2.53. The highest BCUT2D eigenvalue weighted by atomic mass is 16.4. The number of aliphatic hydroxyl groups excluding tert-OH is 1. The van der Waals surface area contributed by atoms with Gasteiger partial charge in [0.05, 0.1) is 6.61 Å². The van der Waals surface area contributed by atoms with E-state index in [1.54, 1.807) is 6.08 Å². The first-order valence-corrected chi connectivity index (χ1v) is 10.2. The summed E-state index contributed by atoms with van der Waals surface area (Å²) in [6, 6.07) is 0. The van der Waals surface area contributed by atoms with Gasteiger partial charge in [0.1, 0.15) is 0 Å². The molecule has 0 aromatic heterocycles. The number of allylic oxidation sites excluding steroid dienone is 9. The molecule has 3 heteroatoms. The van der Waals surface area contributed by atoms with Crippen molar-refractivity contribution in [2.75, 3.05) is 6.61 Å². The molecule has 2 N–H and O–H groups in total. The number of hydrogen-bond acceptors (Lipinski definition) is 2. The van der Waals surface area contributed by atoms with Gasteiger partial charge >= 0.3 is 5.97 Å². The Bertz CT molecular complexity index is 641. The van der Waals surface area contributed by atoms with Crippen molar-refractivity contribution in [3.8, 4) is 0 Å². The van der Waals surface area contributed by atoms with Crippen LogP contribution < -0.4 is 0 Å². The lowest BCUT2D eigenvalue weighted by Crippen LogP contribution is -2.19. The van der Waals surface area contributed by atoms with Crippen molar-refractivity contribution in [3.05, 3.63) is 58.7 Å². The van der Waals surface area contributed by atoms with Crippen LogP contribution in [0, 0.1) is 11.3 Å². The largest absolute Gasteiger partial charge is 0.481 e. The van der Waals surface area contributed by atoms with Crippen LogP contribution in [-0.2, 0) is 4.79 Å². The highest BCUT2D eigenvalue weighted by Crippen LogP contribution is 2.40. The maximum atomic E-state index is 9.81. The van der Waals surface area contributed by atoms with Gasteiger partial charge in [0, 0.05) is 6.42 Å². The molecule has 0 heterocycles. The normalized spacial score (nSPS) is 18.0. The molecule has 0 fully saturated rings. The maximum Gasteiger partial charge on any atom is 0.303 e. The highest BCUT2D eigenvalue weighted by molar-refractivity contribution is 5.66. The Balaban J connectivity index is 0.000000887. The van der Waals surface area contributed by atoms with Gasteiger partial charge in [-0.2, -0.15) is 0 Å². The minimum atomic E-state index is -0.713. The van der Waals surface area contributed by atoms with Gasteiger partial charge in [-0.05, 0) is 56.9 Å². The first kappa shape index (κ1) is 26.1. The monoisotopic (exact) mass is 388 g/mol. The van der Waals surface area contributed by atoms with E-state index >= 15 is 0 Å². The van der Waals surface area contributed by atoms with Crippen LogP contribution in [0.3, 0.4) is 0 Å². The van der Waals surface area contributed by atoms with E-state index in [2.05, 4.69) is 45.9 Å². The molecule has 0 unspecified atom stereocenters. The fourth-order valence-corrected chi connectivity index (χ4v) is 3.19. The Kier molecular flexibility index (Phi) is 12.4. The SMILES string of the molecule is CC(C)CC(=O)O.CC1=C(/C=C/C(C)=C/C=C/C(C)=C/CO)C(C)(C)CCC1. The van der Waals surface area contributed by atoms with E-state index in [1.807, 2.05) is 32.9 Å². The molecular weight excluding hydrogens is 348 g/mol. The van der Waals surface area contributed by atoms with Crippen molar-refractivity contribution in [2.45, 2.75) is 74.1 Å². The van der Waals surface area contributed by atoms with E-state index in [0.29, 0.717) is 5.41 Å². The molecule has 1 rings (SSSR count). The molecule has 0 atom stereocenters. The summed E-state index contributed by atoms with van der Waals surface area (Å²) in [7, 11) is 0. The standard InChI is InChI=1S/C20H30O.C5H10O2/c1-16(8-6-9-17(2)13-15-21)11-12-19-18(3)10-7-14-20(19,4)5;1-4(2)3-5(6)7/h6,8-9,11-13,21H,7,10,14-15H2,1-5H3;4H,3H2,1-2H3,(H,6,7)/b9-6+,12-11+,16-8+,17-13+;. The summed E-state index contributed by atoms with van der Waals surface area (Å²) in [6.07, 6.45) is 16.6. The third-order valence-corrected chi connectivity index (χ3v) is 4.77. The fourth-order valence-electron chi connectivity index (χ4n) is 3.19. The molecule has 0 radical (unpaired) electrons. The van der Waals surface area contributed by atoms with Crippen LogP contribution in [0.1, 0.15) is 74.1 Å². The summed E-state index contributed by atoms with van der Waals surface area (Å²) in [5, 5.41) is 16.9. The molecule has 0 spiro atoms. The Morgan fingerprint density at radius 3 is 2.29 bits per heavy atom. The lowest BCUT2D eigenvalue weighted by atomic mass is 9.72. The van der Waals surface area contributed by atoms with Crippen LogP contribution in [0.5, 0.6) is 0 Å². The third-order valence-electron chi connectivity index (χ3n) is 4.77. The Labute approximate surface area is 172 Å². The first-order chi connectivity index (χ1) is 13.0. The zero-order chi connectivity index (χ0) is 21.7. The van der Waals surface area contributed by atoms with Crippen molar-refractivity contribution in [1.29, 1.82) is 0 Å². The maximum absolute atomic E-state index is 9.81. The van der Waals surface area contributed by atoms with Crippen LogP contribution in [0.4, 0.5) is 0 Å². The van der Waals surface area contributed by atoms with E-state index in [0.717, 1.165) is 5.57 Å². The van der Waals surface area contributed by atoms with Crippen LogP contribution in [0.2, 0.25) is 0 Å². The van der Waals surface area contributed by atoms with Crippen molar-refractivity contribution < 1.29 is 15.0 Å². The number of rotatable bonds is 7. The number of hydrogen-bond donors (Lipinski definition) is 2. The van der Waals surface area contributed by atoms with Gasteiger partial charge in [-0.3, -0.25) is 4.79 Å². The van der Waals surface area contributed by atoms with Gasteiger partial charge in [0.2, 0.25) is 0 Å². The Morgan fingerprint density at radius 2 is 1.82 bits per heavy atom. The number of aliphatic carboxylic acids is 1. The predicted molar refractivity (Wildman–Crippen MR) is 120 cm³/mol. The predicted octanol–water partition coefficient (Wildman–Crippen LogP) is 6.63. The molecule has 0 saturated heterocycles. The molecule has 0 aromatic rings. The molecule has 1 aliphatic carbocycles. The molecular formula is C25H40O3. The van der Waals surface area contributed by atoms with Crippen LogP contribution in [0.15, 0.2) is 58.7 Å². The lowest BCUT2D eigenvalue weighted by Gasteiger charge is -2.32. The molecule has 0 amide bonds. The topological polar surface area (TPSA) is 57.5 Å². The van der Waals surface area contributed by atoms with Crippen molar-refractivity contribution in [2.24, 2.45) is 11.3 Å². The highest BCUT2D eigenvalue weighted by Gasteiger charge is 2.26. The lowest BCUT2D eigenvalue weighted by molar-refractivity contribution is -0.137. The number of carbonyl (C=O) groups is 1. The number of carboxylic acid groups (broad SMARTS) is 1. The first-order valence-electron chi connectivity index (χ1n) is 10.2. The van der Waals surface area contributed by atoms with E-state index in [1.165, 1.54) is 36.0 Å². The van der Waals surface area contributed by atoms with Crippen LogP contribution in [-0.4, -0.2) is 22.8 Å². The number of aliphatic hydroxyl groups is 1. The van der Waals surface area contributed by atoms with Gasteiger partial charge in [-0.1, -0.05) is 80.9 Å².